The number of aromatic nitrogens is 2. The van der Waals surface area contributed by atoms with Crippen LogP contribution in [0.3, 0.4) is 0 Å². The maximum atomic E-state index is 5.66. The molecule has 5 rings (SSSR count). The van der Waals surface area contributed by atoms with Crippen molar-refractivity contribution in [2.45, 2.75) is 19.4 Å². The van der Waals surface area contributed by atoms with Gasteiger partial charge in [-0.3, -0.25) is 5.32 Å². The number of para-hydroxylation sites is 1. The highest BCUT2D eigenvalue weighted by Crippen LogP contribution is 2.31. The first-order valence-corrected chi connectivity index (χ1v) is 10.5. The maximum absolute atomic E-state index is 5.66. The second kappa shape index (κ2) is 9.40. The Balaban J connectivity index is 0.00000231. The van der Waals surface area contributed by atoms with E-state index in [9.17, 15) is 0 Å². The summed E-state index contributed by atoms with van der Waals surface area (Å²) < 4.78 is 10.3. The van der Waals surface area contributed by atoms with Gasteiger partial charge in [-0.2, -0.15) is 0 Å². The number of fused-ring (bicyclic) bond motifs is 1. The highest BCUT2D eigenvalue weighted by atomic mass is 79.9. The molecule has 31 heavy (non-hydrogen) atoms. The third-order valence-corrected chi connectivity index (χ3v) is 5.75. The fraction of sp³-hybridized carbons (Fsp3) is 0.192. The van der Waals surface area contributed by atoms with Crippen LogP contribution in [0.25, 0.3) is 28.1 Å². The molecule has 1 aliphatic heterocycles. The van der Waals surface area contributed by atoms with Gasteiger partial charge in [0.25, 0.3) is 0 Å². The van der Waals surface area contributed by atoms with Gasteiger partial charge in [0.15, 0.2) is 0 Å². The van der Waals surface area contributed by atoms with Crippen molar-refractivity contribution in [2.24, 2.45) is 0 Å². The molecule has 0 atom stereocenters. The molecule has 0 aliphatic carbocycles. The number of hydrogen-bond acceptors (Lipinski definition) is 2. The number of hydrogen-bond donors (Lipinski definition) is 1. The van der Waals surface area contributed by atoms with Gasteiger partial charge in [0.05, 0.1) is 25.8 Å². The van der Waals surface area contributed by atoms with Gasteiger partial charge in [0.2, 0.25) is 0 Å². The smallest absolute Gasteiger partial charge is 0.362 e. The Morgan fingerprint density at radius 3 is 2.32 bits per heavy atom. The first-order valence-electron chi connectivity index (χ1n) is 10.5. The highest BCUT2D eigenvalue weighted by molar-refractivity contribution is 5.67. The van der Waals surface area contributed by atoms with E-state index in [4.69, 9.17) is 4.74 Å². The van der Waals surface area contributed by atoms with Gasteiger partial charge in [-0.25, -0.2) is 9.13 Å². The van der Waals surface area contributed by atoms with Crippen molar-refractivity contribution in [1.82, 2.24) is 4.57 Å². The molecule has 3 aromatic carbocycles. The zero-order valence-corrected chi connectivity index (χ0v) is 19.2. The largest absolute Gasteiger partial charge is 1.00 e. The van der Waals surface area contributed by atoms with E-state index in [1.165, 1.54) is 23.2 Å². The number of halogens is 1. The van der Waals surface area contributed by atoms with Crippen LogP contribution < -0.4 is 31.6 Å². The Bertz CT molecular complexity index is 1150. The highest BCUT2D eigenvalue weighted by Gasteiger charge is 2.27. The molecular weight excluding hydrogens is 450 g/mol. The molecule has 4 nitrogen and oxygen atoms in total. The molecule has 0 bridgehead atoms. The van der Waals surface area contributed by atoms with Crippen molar-refractivity contribution in [3.63, 3.8) is 0 Å². The lowest BCUT2D eigenvalue weighted by Gasteiger charge is -2.08. The maximum Gasteiger partial charge on any atom is 0.362 e. The molecule has 0 radical (unpaired) electrons. The van der Waals surface area contributed by atoms with Crippen molar-refractivity contribution >= 4 is 5.95 Å². The fourth-order valence-corrected chi connectivity index (χ4v) is 4.21. The molecular formula is C26H26BrN3O. The van der Waals surface area contributed by atoms with E-state index >= 15 is 0 Å². The standard InChI is InChI=1S/C26H25N3O.BrH/c1-30-25-12-6-5-11-23(25)24-19-29(26-27-17-7-8-18-28(24)26)22-15-13-21(14-16-22)20-9-3-2-4-10-20;/h2-6,9-16,19H,7-8,17-18H2,1H3;1H. The molecule has 1 aromatic heterocycles. The normalized spacial score (nSPS) is 12.8. The number of nitrogens with zero attached hydrogens (tertiary/aromatic N) is 2. The van der Waals surface area contributed by atoms with Gasteiger partial charge < -0.3 is 21.7 Å². The fourth-order valence-electron chi connectivity index (χ4n) is 4.21. The minimum absolute atomic E-state index is 0. The molecule has 1 N–H and O–H groups in total. The Morgan fingerprint density at radius 2 is 1.55 bits per heavy atom. The van der Waals surface area contributed by atoms with Crippen molar-refractivity contribution in [2.75, 3.05) is 19.0 Å². The number of ether oxygens (including phenoxy) is 1. The van der Waals surface area contributed by atoms with E-state index in [2.05, 4.69) is 87.4 Å². The molecule has 4 aromatic rings. The molecule has 0 fully saturated rings. The van der Waals surface area contributed by atoms with Crippen molar-refractivity contribution in [1.29, 1.82) is 0 Å². The van der Waals surface area contributed by atoms with E-state index in [1.807, 2.05) is 12.1 Å². The average Bonchev–Trinajstić information content (AvgIpc) is 3.00. The van der Waals surface area contributed by atoms with Crippen LogP contribution in [-0.2, 0) is 6.54 Å². The first-order chi connectivity index (χ1) is 14.8. The second-order valence-electron chi connectivity index (χ2n) is 7.61. The minimum atomic E-state index is 0. The number of anilines is 1. The van der Waals surface area contributed by atoms with Gasteiger partial charge in [-0.1, -0.05) is 54.6 Å². The van der Waals surface area contributed by atoms with Crippen molar-refractivity contribution < 1.29 is 26.3 Å². The zero-order chi connectivity index (χ0) is 20.3. The van der Waals surface area contributed by atoms with Crippen LogP contribution >= 0.6 is 0 Å². The Morgan fingerprint density at radius 1 is 0.839 bits per heavy atom. The summed E-state index contributed by atoms with van der Waals surface area (Å²) in [6.45, 7) is 1.97. The summed E-state index contributed by atoms with van der Waals surface area (Å²) in [4.78, 5) is 0. The molecule has 0 amide bonds. The lowest BCUT2D eigenvalue weighted by Crippen LogP contribution is -3.00. The number of imidazole rings is 1. The van der Waals surface area contributed by atoms with Crippen LogP contribution in [0.15, 0.2) is 85.1 Å². The molecule has 0 unspecified atom stereocenters. The molecule has 158 valence electrons. The molecule has 5 heteroatoms. The van der Waals surface area contributed by atoms with Crippen LogP contribution in [0.1, 0.15) is 12.8 Å². The summed E-state index contributed by atoms with van der Waals surface area (Å²) in [5.74, 6) is 2.02. The van der Waals surface area contributed by atoms with Crippen LogP contribution in [0.2, 0.25) is 0 Å². The number of rotatable bonds is 4. The number of methoxy groups -OCH3 is 1. The summed E-state index contributed by atoms with van der Waals surface area (Å²) in [5, 5.41) is 3.65. The topological polar surface area (TPSA) is 30.1 Å². The Kier molecular flexibility index (Phi) is 6.42. The third kappa shape index (κ3) is 4.10. The van der Waals surface area contributed by atoms with Crippen LogP contribution in [0.5, 0.6) is 5.75 Å². The lowest BCUT2D eigenvalue weighted by atomic mass is 10.1. The molecule has 0 saturated heterocycles. The molecule has 2 heterocycles. The lowest BCUT2D eigenvalue weighted by molar-refractivity contribution is -0.670. The van der Waals surface area contributed by atoms with Gasteiger partial charge in [-0.15, -0.1) is 0 Å². The van der Waals surface area contributed by atoms with E-state index in [-0.39, 0.29) is 17.0 Å². The van der Waals surface area contributed by atoms with Gasteiger partial charge in [0.1, 0.15) is 23.3 Å². The van der Waals surface area contributed by atoms with Crippen LogP contribution in [-0.4, -0.2) is 18.2 Å². The minimum Gasteiger partial charge on any atom is -1.00 e. The Hall–Kier alpha value is -3.05. The predicted octanol–water partition coefficient (Wildman–Crippen LogP) is 2.32. The quantitative estimate of drug-likeness (QED) is 0.459. The molecule has 1 aliphatic rings. The van der Waals surface area contributed by atoms with Crippen LogP contribution in [0.4, 0.5) is 5.95 Å². The SMILES string of the molecule is COc1ccccc1-c1cn(-c2ccc(-c3ccccc3)cc2)c2[n+]1CCCCN2.[Br-]. The summed E-state index contributed by atoms with van der Waals surface area (Å²) in [6.07, 6.45) is 4.55. The van der Waals surface area contributed by atoms with E-state index < -0.39 is 0 Å². The van der Waals surface area contributed by atoms with Gasteiger partial charge in [0, 0.05) is 0 Å². The van der Waals surface area contributed by atoms with E-state index in [1.54, 1.807) is 7.11 Å². The average molecular weight is 476 g/mol. The summed E-state index contributed by atoms with van der Waals surface area (Å²) in [6, 6.07) is 27.5. The first kappa shape index (κ1) is 21.2. The summed E-state index contributed by atoms with van der Waals surface area (Å²) in [5.41, 5.74) is 5.89. The van der Waals surface area contributed by atoms with Crippen LogP contribution in [0, 0.1) is 0 Å². The third-order valence-electron chi connectivity index (χ3n) is 5.75. The van der Waals surface area contributed by atoms with Crippen molar-refractivity contribution in [3.05, 3.63) is 85.1 Å². The predicted molar refractivity (Wildman–Crippen MR) is 121 cm³/mol. The monoisotopic (exact) mass is 475 g/mol. The van der Waals surface area contributed by atoms with Gasteiger partial charge in [-0.05, 0) is 48.2 Å². The summed E-state index contributed by atoms with van der Waals surface area (Å²) >= 11 is 0. The summed E-state index contributed by atoms with van der Waals surface area (Å²) in [7, 11) is 1.74. The van der Waals surface area contributed by atoms with Crippen molar-refractivity contribution in [3.8, 4) is 33.8 Å². The molecule has 0 spiro atoms. The zero-order valence-electron chi connectivity index (χ0n) is 17.6. The Labute approximate surface area is 193 Å². The second-order valence-corrected chi connectivity index (χ2v) is 7.61. The number of nitrogens with one attached hydrogen (secondary N) is 1. The van der Waals surface area contributed by atoms with Gasteiger partial charge >= 0.3 is 5.95 Å². The molecule has 0 saturated carbocycles. The van der Waals surface area contributed by atoms with E-state index in [0.717, 1.165) is 42.5 Å². The van der Waals surface area contributed by atoms with E-state index in [0.29, 0.717) is 0 Å². The number of benzene rings is 3.